The van der Waals surface area contributed by atoms with Crippen molar-refractivity contribution in [3.63, 3.8) is 0 Å². The second kappa shape index (κ2) is 6.03. The molecule has 0 radical (unpaired) electrons. The van der Waals surface area contributed by atoms with Crippen molar-refractivity contribution in [2.75, 3.05) is 6.54 Å². The van der Waals surface area contributed by atoms with Gasteiger partial charge in [-0.15, -0.1) is 11.3 Å². The zero-order valence-electron chi connectivity index (χ0n) is 10.2. The van der Waals surface area contributed by atoms with Gasteiger partial charge in [0.2, 0.25) is 0 Å². The summed E-state index contributed by atoms with van der Waals surface area (Å²) in [6.07, 6.45) is 3.23. The van der Waals surface area contributed by atoms with E-state index in [0.29, 0.717) is 0 Å². The summed E-state index contributed by atoms with van der Waals surface area (Å²) in [6, 6.07) is 2.07. The highest BCUT2D eigenvalue weighted by Crippen LogP contribution is 2.34. The maximum absolute atomic E-state index is 12.6. The van der Waals surface area contributed by atoms with Crippen LogP contribution in [0.25, 0.3) is 0 Å². The first kappa shape index (κ1) is 14.5. The molecule has 3 nitrogen and oxygen atoms in total. The van der Waals surface area contributed by atoms with Crippen molar-refractivity contribution in [2.45, 2.75) is 38.3 Å². The van der Waals surface area contributed by atoms with Crippen LogP contribution in [0.15, 0.2) is 13.6 Å². The highest BCUT2D eigenvalue weighted by molar-refractivity contribution is 9.12. The van der Waals surface area contributed by atoms with E-state index in [4.69, 9.17) is 5.73 Å². The number of carbonyl (C=O) groups is 1. The molecule has 1 fully saturated rings. The van der Waals surface area contributed by atoms with Crippen LogP contribution in [-0.4, -0.2) is 29.4 Å². The van der Waals surface area contributed by atoms with Gasteiger partial charge < -0.3 is 10.6 Å². The largest absolute Gasteiger partial charge is 0.334 e. The van der Waals surface area contributed by atoms with E-state index < -0.39 is 0 Å². The molecule has 18 heavy (non-hydrogen) atoms. The van der Waals surface area contributed by atoms with Crippen LogP contribution in [-0.2, 0) is 0 Å². The van der Waals surface area contributed by atoms with Crippen LogP contribution in [0.5, 0.6) is 0 Å². The molecule has 2 N–H and O–H groups in total. The number of thiophene rings is 1. The van der Waals surface area contributed by atoms with Gasteiger partial charge >= 0.3 is 0 Å². The summed E-state index contributed by atoms with van der Waals surface area (Å²) in [5.74, 6) is 0.0887. The van der Waals surface area contributed by atoms with Crippen LogP contribution in [0.3, 0.4) is 0 Å². The molecule has 1 aliphatic heterocycles. The van der Waals surface area contributed by atoms with Crippen molar-refractivity contribution in [1.29, 1.82) is 0 Å². The number of nitrogens with zero attached hydrogens (tertiary/aromatic N) is 1. The van der Waals surface area contributed by atoms with E-state index in [1.807, 2.05) is 17.9 Å². The number of rotatable bonds is 2. The van der Waals surface area contributed by atoms with Crippen molar-refractivity contribution >= 4 is 49.1 Å². The molecule has 1 amide bonds. The molecule has 0 aromatic carbocycles. The molecule has 0 aliphatic carbocycles. The lowest BCUT2D eigenvalue weighted by molar-refractivity contribution is 0.0583. The highest BCUT2D eigenvalue weighted by atomic mass is 79.9. The van der Waals surface area contributed by atoms with E-state index in [-0.39, 0.29) is 18.0 Å². The summed E-state index contributed by atoms with van der Waals surface area (Å²) in [7, 11) is 0. The van der Waals surface area contributed by atoms with Gasteiger partial charge in [0, 0.05) is 18.6 Å². The fraction of sp³-hybridized carbons (Fsp3) is 0.583. The number of carbonyl (C=O) groups excluding carboxylic acids is 1. The first-order valence-corrected chi connectivity index (χ1v) is 8.42. The van der Waals surface area contributed by atoms with Gasteiger partial charge in [-0.25, -0.2) is 0 Å². The van der Waals surface area contributed by atoms with Gasteiger partial charge in [-0.3, -0.25) is 4.79 Å². The number of nitrogens with two attached hydrogens (primary N) is 1. The van der Waals surface area contributed by atoms with Crippen LogP contribution in [0, 0.1) is 0 Å². The summed E-state index contributed by atoms with van der Waals surface area (Å²) in [5.41, 5.74) is 6.74. The molecule has 1 aromatic rings. The Kier molecular flexibility index (Phi) is 4.86. The summed E-state index contributed by atoms with van der Waals surface area (Å²) in [6.45, 7) is 2.79. The summed E-state index contributed by atoms with van der Waals surface area (Å²) in [5, 5.41) is 0. The Balaban J connectivity index is 2.23. The highest BCUT2D eigenvalue weighted by Gasteiger charge is 2.31. The van der Waals surface area contributed by atoms with Crippen molar-refractivity contribution in [3.05, 3.63) is 19.2 Å². The van der Waals surface area contributed by atoms with E-state index in [0.717, 1.165) is 38.9 Å². The first-order chi connectivity index (χ1) is 8.50. The minimum atomic E-state index is 0.0232. The second-order valence-corrected chi connectivity index (χ2v) is 8.41. The van der Waals surface area contributed by atoms with Gasteiger partial charge in [-0.05, 0) is 64.1 Å². The van der Waals surface area contributed by atoms with Crippen molar-refractivity contribution in [1.82, 2.24) is 4.90 Å². The standard InChI is InChI=1S/C12H16Br2N2OS/c1-7(15)9-4-2-3-5-16(9)12(17)8-6-10(13)18-11(8)14/h6-7,9H,2-5,15H2,1H3. The SMILES string of the molecule is CC(N)C1CCCCN1C(=O)c1cc(Br)sc1Br. The molecule has 6 heteroatoms. The number of amides is 1. The monoisotopic (exact) mass is 394 g/mol. The van der Waals surface area contributed by atoms with Crippen molar-refractivity contribution < 1.29 is 4.79 Å². The summed E-state index contributed by atoms with van der Waals surface area (Å²) >= 11 is 8.39. The van der Waals surface area contributed by atoms with Gasteiger partial charge in [-0.1, -0.05) is 0 Å². The smallest absolute Gasteiger partial charge is 0.256 e. The molecule has 1 aromatic heterocycles. The van der Waals surface area contributed by atoms with E-state index in [1.54, 1.807) is 0 Å². The molecule has 2 atom stereocenters. The van der Waals surface area contributed by atoms with Crippen LogP contribution in [0.4, 0.5) is 0 Å². The Morgan fingerprint density at radius 1 is 1.56 bits per heavy atom. The normalized spacial score (nSPS) is 22.0. The van der Waals surface area contributed by atoms with Gasteiger partial charge in [0.15, 0.2) is 0 Å². The molecule has 100 valence electrons. The number of hydrogen-bond acceptors (Lipinski definition) is 3. The Hall–Kier alpha value is 0.0900. The maximum Gasteiger partial charge on any atom is 0.256 e. The van der Waals surface area contributed by atoms with E-state index >= 15 is 0 Å². The van der Waals surface area contributed by atoms with Gasteiger partial charge in [-0.2, -0.15) is 0 Å². The molecule has 0 bridgehead atoms. The van der Waals surface area contributed by atoms with Gasteiger partial charge in [0.05, 0.1) is 13.1 Å². The Morgan fingerprint density at radius 3 is 2.83 bits per heavy atom. The third kappa shape index (κ3) is 2.98. The average molecular weight is 396 g/mol. The lowest BCUT2D eigenvalue weighted by Gasteiger charge is -2.38. The molecular formula is C12H16Br2N2OS. The zero-order valence-corrected chi connectivity index (χ0v) is 14.1. The minimum Gasteiger partial charge on any atom is -0.334 e. The van der Waals surface area contributed by atoms with Gasteiger partial charge in [0.25, 0.3) is 5.91 Å². The van der Waals surface area contributed by atoms with E-state index in [1.165, 1.54) is 11.3 Å². The Labute approximate surface area is 128 Å². The zero-order chi connectivity index (χ0) is 13.3. The fourth-order valence-corrected chi connectivity index (χ4v) is 5.17. The Morgan fingerprint density at radius 2 is 2.28 bits per heavy atom. The number of halogens is 2. The van der Waals surface area contributed by atoms with Crippen molar-refractivity contribution in [2.24, 2.45) is 5.73 Å². The second-order valence-electron chi connectivity index (χ2n) is 4.66. The minimum absolute atomic E-state index is 0.0232. The first-order valence-electron chi connectivity index (χ1n) is 6.02. The average Bonchev–Trinajstić information content (AvgIpc) is 2.67. The van der Waals surface area contributed by atoms with Crippen LogP contribution in [0.1, 0.15) is 36.5 Å². The molecule has 2 heterocycles. The number of piperidine rings is 1. The van der Waals surface area contributed by atoms with Gasteiger partial charge in [0.1, 0.15) is 0 Å². The lowest BCUT2D eigenvalue weighted by atomic mass is 9.96. The molecule has 2 unspecified atom stereocenters. The number of likely N-dealkylation sites (tertiary alicyclic amines) is 1. The van der Waals surface area contributed by atoms with E-state index in [9.17, 15) is 4.79 Å². The number of hydrogen-bond donors (Lipinski definition) is 1. The van der Waals surface area contributed by atoms with E-state index in [2.05, 4.69) is 31.9 Å². The topological polar surface area (TPSA) is 46.3 Å². The fourth-order valence-electron chi connectivity index (χ4n) is 2.40. The summed E-state index contributed by atoms with van der Waals surface area (Å²) in [4.78, 5) is 14.5. The van der Waals surface area contributed by atoms with Crippen LogP contribution in [0.2, 0.25) is 0 Å². The molecule has 2 rings (SSSR count). The summed E-state index contributed by atoms with van der Waals surface area (Å²) < 4.78 is 1.85. The molecule has 1 saturated heterocycles. The Bertz CT molecular complexity index is 447. The predicted octanol–water partition coefficient (Wildman–Crippen LogP) is 3.62. The third-order valence-corrected chi connectivity index (χ3v) is 5.64. The van der Waals surface area contributed by atoms with Crippen molar-refractivity contribution in [3.8, 4) is 0 Å². The molecule has 0 spiro atoms. The van der Waals surface area contributed by atoms with Crippen LogP contribution < -0.4 is 5.73 Å². The molecule has 1 aliphatic rings. The molecular weight excluding hydrogens is 380 g/mol. The quantitative estimate of drug-likeness (QED) is 0.831. The maximum atomic E-state index is 12.6. The lowest BCUT2D eigenvalue weighted by Crippen LogP contribution is -2.51. The third-order valence-electron chi connectivity index (χ3n) is 3.30. The van der Waals surface area contributed by atoms with Crippen LogP contribution >= 0.6 is 43.2 Å². The predicted molar refractivity (Wildman–Crippen MR) is 82.0 cm³/mol. The molecule has 0 saturated carbocycles.